The van der Waals surface area contributed by atoms with E-state index in [4.69, 9.17) is 4.98 Å². The van der Waals surface area contributed by atoms with E-state index < -0.39 is 0 Å². The summed E-state index contributed by atoms with van der Waals surface area (Å²) in [6, 6.07) is 43.5. The van der Waals surface area contributed by atoms with E-state index >= 15 is 0 Å². The van der Waals surface area contributed by atoms with E-state index in [0.29, 0.717) is 0 Å². The number of hydrogen-bond donors (Lipinski definition) is 0. The smallest absolute Gasteiger partial charge is 0.147 e. The lowest BCUT2D eigenvalue weighted by Gasteiger charge is -2.12. The second-order valence-corrected chi connectivity index (χ2v) is 10.6. The van der Waals surface area contributed by atoms with E-state index in [1.165, 1.54) is 43.8 Å². The summed E-state index contributed by atoms with van der Waals surface area (Å²) >= 11 is 0. The van der Waals surface area contributed by atoms with Crippen LogP contribution in [-0.2, 0) is 0 Å². The van der Waals surface area contributed by atoms with Crippen molar-refractivity contribution in [3.05, 3.63) is 144 Å². The van der Waals surface area contributed by atoms with Crippen LogP contribution in [0.2, 0.25) is 0 Å². The molecule has 0 aliphatic rings. The lowest BCUT2D eigenvalue weighted by molar-refractivity contribution is 1.31. The summed E-state index contributed by atoms with van der Waals surface area (Å²) < 4.78 is 2.31. The summed E-state index contributed by atoms with van der Waals surface area (Å²) in [7, 11) is 0. The van der Waals surface area contributed by atoms with Crippen molar-refractivity contribution >= 4 is 61.8 Å². The van der Waals surface area contributed by atoms with Crippen molar-refractivity contribution in [2.24, 2.45) is 0 Å². The zero-order valence-electron chi connectivity index (χ0n) is 22.5. The number of allylic oxidation sites excluding steroid dienone is 1. The molecule has 8 rings (SSSR count). The van der Waals surface area contributed by atoms with Crippen molar-refractivity contribution in [3.8, 4) is 22.3 Å². The SMILES string of the molecule is C=C/C=c1\c(=C)ccc2c3ccc(-c4ccc(-c5ccc6ccccc6c5)cc4)cc3n3c4ccccc4nc3c12. The summed E-state index contributed by atoms with van der Waals surface area (Å²) in [6.07, 6.45) is 3.87. The summed E-state index contributed by atoms with van der Waals surface area (Å²) in [5, 5.41) is 8.01. The highest BCUT2D eigenvalue weighted by atomic mass is 15.0. The molecule has 2 aromatic heterocycles. The second-order valence-electron chi connectivity index (χ2n) is 10.6. The van der Waals surface area contributed by atoms with Crippen molar-refractivity contribution in [1.29, 1.82) is 0 Å². The van der Waals surface area contributed by atoms with Crippen molar-refractivity contribution in [1.82, 2.24) is 9.38 Å². The fourth-order valence-electron chi connectivity index (χ4n) is 6.22. The van der Waals surface area contributed by atoms with Crippen LogP contribution in [0.5, 0.6) is 0 Å². The van der Waals surface area contributed by atoms with Gasteiger partial charge in [-0.1, -0.05) is 122 Å². The minimum Gasteiger partial charge on any atom is -0.292 e. The fourth-order valence-corrected chi connectivity index (χ4v) is 6.22. The van der Waals surface area contributed by atoms with Crippen molar-refractivity contribution < 1.29 is 0 Å². The molecule has 2 nitrogen and oxygen atoms in total. The van der Waals surface area contributed by atoms with Crippen LogP contribution in [0.15, 0.2) is 134 Å². The molecule has 0 atom stereocenters. The van der Waals surface area contributed by atoms with Gasteiger partial charge < -0.3 is 0 Å². The standard InChI is InChI=1S/C39H26N2/c1-3-8-32-25(2)13-21-34-33-22-20-31(24-37(33)41-36-12-7-6-11-35(36)40-39(41)38(32)34)28-16-14-27(15-17-28)30-19-18-26-9-4-5-10-29(26)23-30/h3-24H,1-2H2/b32-8+. The lowest BCUT2D eigenvalue weighted by Crippen LogP contribution is -2.24. The van der Waals surface area contributed by atoms with Gasteiger partial charge in [0.25, 0.3) is 0 Å². The number of aromatic nitrogens is 2. The van der Waals surface area contributed by atoms with Crippen LogP contribution >= 0.6 is 0 Å². The van der Waals surface area contributed by atoms with Gasteiger partial charge in [-0.2, -0.15) is 0 Å². The first-order valence-electron chi connectivity index (χ1n) is 13.9. The maximum absolute atomic E-state index is 5.13. The number of rotatable bonds is 3. The van der Waals surface area contributed by atoms with Crippen molar-refractivity contribution in [2.45, 2.75) is 0 Å². The van der Waals surface area contributed by atoms with Gasteiger partial charge in [0.05, 0.1) is 16.6 Å². The van der Waals surface area contributed by atoms with Gasteiger partial charge in [0.1, 0.15) is 5.65 Å². The summed E-state index contributed by atoms with van der Waals surface area (Å²) in [5.41, 5.74) is 8.95. The molecule has 0 fully saturated rings. The zero-order chi connectivity index (χ0) is 27.5. The van der Waals surface area contributed by atoms with E-state index in [-0.39, 0.29) is 0 Å². The average molecular weight is 523 g/mol. The molecule has 6 aromatic carbocycles. The van der Waals surface area contributed by atoms with Gasteiger partial charge in [-0.3, -0.25) is 4.40 Å². The fraction of sp³-hybridized carbons (Fsp3) is 0. The number of fused-ring (bicyclic) bond motifs is 9. The largest absolute Gasteiger partial charge is 0.292 e. The van der Waals surface area contributed by atoms with Gasteiger partial charge in [-0.05, 0) is 73.1 Å². The molecule has 0 amide bonds. The predicted octanol–water partition coefficient (Wildman–Crippen LogP) is 8.66. The second kappa shape index (κ2) is 9.04. The number of para-hydroxylation sites is 2. The van der Waals surface area contributed by atoms with E-state index in [9.17, 15) is 0 Å². The molecule has 0 radical (unpaired) electrons. The molecule has 0 saturated heterocycles. The highest BCUT2D eigenvalue weighted by molar-refractivity contribution is 6.14. The van der Waals surface area contributed by atoms with Crippen molar-refractivity contribution in [3.63, 3.8) is 0 Å². The summed E-state index contributed by atoms with van der Waals surface area (Å²) in [5.74, 6) is 0. The molecule has 0 aliphatic carbocycles. The first-order valence-corrected chi connectivity index (χ1v) is 13.9. The first kappa shape index (κ1) is 23.4. The van der Waals surface area contributed by atoms with Gasteiger partial charge >= 0.3 is 0 Å². The van der Waals surface area contributed by atoms with Gasteiger partial charge in [-0.15, -0.1) is 0 Å². The van der Waals surface area contributed by atoms with Gasteiger partial charge in [0, 0.05) is 10.8 Å². The highest BCUT2D eigenvalue weighted by Crippen LogP contribution is 2.34. The number of pyridine rings is 1. The third-order valence-corrected chi connectivity index (χ3v) is 8.23. The molecule has 0 saturated carbocycles. The first-order chi connectivity index (χ1) is 20.2. The Kier molecular flexibility index (Phi) is 5.16. The van der Waals surface area contributed by atoms with Crippen LogP contribution in [0.4, 0.5) is 0 Å². The Labute approximate surface area is 237 Å². The molecule has 41 heavy (non-hydrogen) atoms. The third-order valence-electron chi connectivity index (χ3n) is 8.23. The van der Waals surface area contributed by atoms with Crippen LogP contribution in [0, 0.1) is 0 Å². The monoisotopic (exact) mass is 522 g/mol. The third kappa shape index (κ3) is 3.62. The molecule has 2 heteroatoms. The summed E-state index contributed by atoms with van der Waals surface area (Å²) in [6.45, 7) is 8.27. The Balaban J connectivity index is 1.36. The zero-order valence-corrected chi connectivity index (χ0v) is 22.5. The highest BCUT2D eigenvalue weighted by Gasteiger charge is 2.15. The Hall–Kier alpha value is -5.47. The van der Waals surface area contributed by atoms with Crippen molar-refractivity contribution in [2.75, 3.05) is 0 Å². The molecule has 0 aliphatic heterocycles. The molecule has 0 bridgehead atoms. The molecular weight excluding hydrogens is 496 g/mol. The van der Waals surface area contributed by atoms with Gasteiger partial charge in [-0.25, -0.2) is 4.98 Å². The predicted molar refractivity (Wildman–Crippen MR) is 176 cm³/mol. The Morgan fingerprint density at radius 1 is 0.585 bits per heavy atom. The molecule has 2 heterocycles. The molecular formula is C39H26N2. The van der Waals surface area contributed by atoms with Crippen LogP contribution in [0.25, 0.3) is 84.0 Å². The molecule has 0 unspecified atom stereocenters. The van der Waals surface area contributed by atoms with Crippen LogP contribution in [-0.4, -0.2) is 9.38 Å². The molecule has 8 aromatic rings. The van der Waals surface area contributed by atoms with E-state index in [1.807, 2.05) is 18.2 Å². The van der Waals surface area contributed by atoms with E-state index in [1.54, 1.807) is 0 Å². The maximum atomic E-state index is 5.13. The van der Waals surface area contributed by atoms with Gasteiger partial charge in [0.2, 0.25) is 0 Å². The summed E-state index contributed by atoms with van der Waals surface area (Å²) in [4.78, 5) is 5.13. The Bertz CT molecular complexity index is 2440. The van der Waals surface area contributed by atoms with Gasteiger partial charge in [0.15, 0.2) is 0 Å². The minimum atomic E-state index is 0.941. The molecule has 0 spiro atoms. The number of benzene rings is 6. The van der Waals surface area contributed by atoms with E-state index in [0.717, 1.165) is 38.0 Å². The number of imidazole rings is 1. The lowest BCUT2D eigenvalue weighted by atomic mass is 9.96. The van der Waals surface area contributed by atoms with Crippen LogP contribution < -0.4 is 10.4 Å². The normalized spacial score (nSPS) is 12.2. The molecule has 192 valence electrons. The quantitative estimate of drug-likeness (QED) is 0.212. The number of nitrogens with zero attached hydrogens (tertiary/aromatic N) is 2. The maximum Gasteiger partial charge on any atom is 0.147 e. The number of hydrogen-bond acceptors (Lipinski definition) is 1. The van der Waals surface area contributed by atoms with E-state index in [2.05, 4.69) is 133 Å². The van der Waals surface area contributed by atoms with Crippen LogP contribution in [0.3, 0.4) is 0 Å². The topological polar surface area (TPSA) is 17.3 Å². The average Bonchev–Trinajstić information content (AvgIpc) is 3.42. The Morgan fingerprint density at radius 3 is 2.05 bits per heavy atom. The molecule has 0 N–H and O–H groups in total. The van der Waals surface area contributed by atoms with Crippen LogP contribution in [0.1, 0.15) is 0 Å². The minimum absolute atomic E-state index is 0.941. The Morgan fingerprint density at radius 2 is 1.24 bits per heavy atom.